The minimum Gasteiger partial charge on any atom is -0.337 e. The van der Waals surface area contributed by atoms with Crippen molar-refractivity contribution in [3.63, 3.8) is 0 Å². The number of hydrogen-bond acceptors (Lipinski definition) is 4. The second-order valence-corrected chi connectivity index (χ2v) is 7.16. The molecule has 7 heteroatoms. The highest BCUT2D eigenvalue weighted by Gasteiger charge is 2.29. The predicted molar refractivity (Wildman–Crippen MR) is 97.2 cm³/mol. The summed E-state index contributed by atoms with van der Waals surface area (Å²) in [5.41, 5.74) is 1.53. The van der Waals surface area contributed by atoms with Gasteiger partial charge in [0.05, 0.1) is 0 Å². The van der Waals surface area contributed by atoms with Crippen LogP contribution in [-0.4, -0.2) is 43.2 Å². The number of hydrogen-bond donors (Lipinski definition) is 0. The van der Waals surface area contributed by atoms with Crippen molar-refractivity contribution in [1.82, 2.24) is 24.2 Å². The quantitative estimate of drug-likeness (QED) is 0.842. The average Bonchev–Trinajstić information content (AvgIpc) is 3.12. The van der Waals surface area contributed by atoms with Crippen LogP contribution in [0.25, 0.3) is 0 Å². The van der Waals surface area contributed by atoms with Crippen LogP contribution < -0.4 is 5.56 Å². The van der Waals surface area contributed by atoms with E-state index in [2.05, 4.69) is 9.67 Å². The number of likely N-dealkylation sites (tertiary alicyclic amines) is 1. The Morgan fingerprint density at radius 3 is 2.77 bits per heavy atom. The van der Waals surface area contributed by atoms with E-state index >= 15 is 0 Å². The van der Waals surface area contributed by atoms with E-state index in [1.807, 2.05) is 18.0 Å². The normalized spacial score (nSPS) is 18.0. The van der Waals surface area contributed by atoms with Crippen molar-refractivity contribution >= 4 is 5.91 Å². The fourth-order valence-corrected chi connectivity index (χ4v) is 4.08. The number of aryl methyl sites for hydroxylation is 2. The number of carbonyl (C=O) groups is 1. The summed E-state index contributed by atoms with van der Waals surface area (Å²) in [6.07, 6.45) is 7.50. The van der Waals surface area contributed by atoms with Crippen LogP contribution >= 0.6 is 0 Å². The number of fused-ring (bicyclic) bond motifs is 1. The average molecular weight is 355 g/mol. The third-order valence-corrected chi connectivity index (χ3v) is 5.57. The summed E-state index contributed by atoms with van der Waals surface area (Å²) in [4.78, 5) is 30.9. The molecule has 0 bridgehead atoms. The molecule has 138 valence electrons. The molecule has 26 heavy (non-hydrogen) atoms. The van der Waals surface area contributed by atoms with E-state index in [1.165, 1.54) is 41.2 Å². The van der Waals surface area contributed by atoms with Crippen molar-refractivity contribution in [2.24, 2.45) is 0 Å². The van der Waals surface area contributed by atoms with E-state index in [9.17, 15) is 9.59 Å². The van der Waals surface area contributed by atoms with E-state index in [4.69, 9.17) is 4.98 Å². The monoisotopic (exact) mass is 355 g/mol. The van der Waals surface area contributed by atoms with Crippen LogP contribution in [0.5, 0.6) is 0 Å². The highest BCUT2D eigenvalue weighted by atomic mass is 16.2. The summed E-state index contributed by atoms with van der Waals surface area (Å²) in [6, 6.07) is 2.96. The maximum absolute atomic E-state index is 12.7. The Labute approximate surface area is 152 Å². The number of imidazole rings is 1. The first-order valence-electron chi connectivity index (χ1n) is 9.59. The summed E-state index contributed by atoms with van der Waals surface area (Å²) in [5.74, 6) is 1.53. The van der Waals surface area contributed by atoms with E-state index in [-0.39, 0.29) is 11.5 Å². The van der Waals surface area contributed by atoms with Gasteiger partial charge in [-0.2, -0.15) is 5.10 Å². The second-order valence-electron chi connectivity index (χ2n) is 7.16. The summed E-state index contributed by atoms with van der Waals surface area (Å²) >= 11 is 0. The van der Waals surface area contributed by atoms with Crippen LogP contribution in [0.1, 0.15) is 60.5 Å². The van der Waals surface area contributed by atoms with Crippen LogP contribution in [0.3, 0.4) is 0 Å². The molecule has 0 saturated carbocycles. The predicted octanol–water partition coefficient (Wildman–Crippen LogP) is 1.82. The summed E-state index contributed by atoms with van der Waals surface area (Å²) in [7, 11) is 0. The topological polar surface area (TPSA) is 73.0 Å². The lowest BCUT2D eigenvalue weighted by Gasteiger charge is -2.32. The Balaban J connectivity index is 1.44. The molecule has 2 aliphatic rings. The minimum atomic E-state index is -0.174. The number of carbonyl (C=O) groups excluding carboxylic acids is 1. The summed E-state index contributed by atoms with van der Waals surface area (Å²) in [5, 5.41) is 4.19. The fraction of sp³-hybridized carbons (Fsp3) is 0.579. The van der Waals surface area contributed by atoms with Gasteiger partial charge in [-0.05, 0) is 45.1 Å². The van der Waals surface area contributed by atoms with Crippen LogP contribution in [0.4, 0.5) is 0 Å². The molecule has 0 spiro atoms. The number of nitrogens with zero attached hydrogens (tertiary/aromatic N) is 5. The summed E-state index contributed by atoms with van der Waals surface area (Å²) in [6.45, 7) is 4.80. The van der Waals surface area contributed by atoms with Crippen molar-refractivity contribution in [1.29, 1.82) is 0 Å². The minimum absolute atomic E-state index is 0.0872. The molecule has 4 heterocycles. The Hall–Kier alpha value is -2.44. The standard InChI is InChI=1S/C19H25N5O2/c1-2-24-17(25)7-6-16(21-24)19(26)22-11-8-14(9-12-22)18-20-13-15-5-3-4-10-23(15)18/h6-7,13-14H,2-5,8-12H2,1H3. The van der Waals surface area contributed by atoms with Gasteiger partial charge in [0.15, 0.2) is 0 Å². The lowest BCUT2D eigenvalue weighted by atomic mass is 9.95. The molecule has 2 aromatic rings. The molecule has 0 unspecified atom stereocenters. The molecular formula is C19H25N5O2. The zero-order chi connectivity index (χ0) is 18.1. The van der Waals surface area contributed by atoms with Gasteiger partial charge >= 0.3 is 0 Å². The van der Waals surface area contributed by atoms with Gasteiger partial charge in [-0.15, -0.1) is 0 Å². The molecule has 0 atom stereocenters. The van der Waals surface area contributed by atoms with Gasteiger partial charge in [-0.25, -0.2) is 9.67 Å². The molecular weight excluding hydrogens is 330 g/mol. The largest absolute Gasteiger partial charge is 0.337 e. The van der Waals surface area contributed by atoms with Crippen LogP contribution in [0.15, 0.2) is 23.1 Å². The SMILES string of the molecule is CCn1nc(C(=O)N2CCC(c3ncc4n3CCCC4)CC2)ccc1=O. The Morgan fingerprint density at radius 2 is 2.00 bits per heavy atom. The molecule has 4 rings (SSSR count). The number of aromatic nitrogens is 4. The van der Waals surface area contributed by atoms with Crippen molar-refractivity contribution in [3.8, 4) is 0 Å². The third kappa shape index (κ3) is 3.06. The maximum Gasteiger partial charge on any atom is 0.274 e. The first kappa shape index (κ1) is 17.0. The number of piperidine rings is 1. The first-order valence-corrected chi connectivity index (χ1v) is 9.59. The van der Waals surface area contributed by atoms with Gasteiger partial charge in [0.2, 0.25) is 0 Å². The first-order chi connectivity index (χ1) is 12.7. The lowest BCUT2D eigenvalue weighted by molar-refractivity contribution is 0.0701. The van der Waals surface area contributed by atoms with Crippen LogP contribution in [0, 0.1) is 0 Å². The smallest absolute Gasteiger partial charge is 0.274 e. The number of amides is 1. The van der Waals surface area contributed by atoms with Gasteiger partial charge < -0.3 is 9.47 Å². The van der Waals surface area contributed by atoms with Crippen LogP contribution in [0.2, 0.25) is 0 Å². The molecule has 0 N–H and O–H groups in total. The molecule has 0 aliphatic carbocycles. The van der Waals surface area contributed by atoms with Gasteiger partial charge in [-0.3, -0.25) is 9.59 Å². The zero-order valence-corrected chi connectivity index (χ0v) is 15.2. The Kier molecular flexibility index (Phi) is 4.61. The van der Waals surface area contributed by atoms with Crippen LogP contribution in [-0.2, 0) is 19.5 Å². The Morgan fingerprint density at radius 1 is 1.19 bits per heavy atom. The maximum atomic E-state index is 12.7. The second kappa shape index (κ2) is 7.05. The fourth-order valence-electron chi connectivity index (χ4n) is 4.08. The molecule has 1 fully saturated rings. The summed E-state index contributed by atoms with van der Waals surface area (Å²) < 4.78 is 3.72. The van der Waals surface area contributed by atoms with Gasteiger partial charge in [-0.1, -0.05) is 0 Å². The highest BCUT2D eigenvalue weighted by Crippen LogP contribution is 2.30. The molecule has 2 aromatic heterocycles. The van der Waals surface area contributed by atoms with Crippen molar-refractivity contribution < 1.29 is 4.79 Å². The van der Waals surface area contributed by atoms with Gasteiger partial charge in [0, 0.05) is 50.1 Å². The molecule has 1 amide bonds. The van der Waals surface area contributed by atoms with E-state index < -0.39 is 0 Å². The van der Waals surface area contributed by atoms with E-state index in [0.29, 0.717) is 31.2 Å². The van der Waals surface area contributed by atoms with Crippen molar-refractivity contribution in [3.05, 3.63) is 45.9 Å². The molecule has 0 aromatic carbocycles. The molecule has 2 aliphatic heterocycles. The third-order valence-electron chi connectivity index (χ3n) is 5.57. The molecule has 1 saturated heterocycles. The van der Waals surface area contributed by atoms with E-state index in [1.54, 1.807) is 0 Å². The molecule has 0 radical (unpaired) electrons. The highest BCUT2D eigenvalue weighted by molar-refractivity contribution is 5.92. The molecule has 7 nitrogen and oxygen atoms in total. The Bertz CT molecular complexity index is 861. The van der Waals surface area contributed by atoms with Crippen molar-refractivity contribution in [2.75, 3.05) is 13.1 Å². The van der Waals surface area contributed by atoms with Gasteiger partial charge in [0.1, 0.15) is 11.5 Å². The lowest BCUT2D eigenvalue weighted by Crippen LogP contribution is -2.39. The van der Waals surface area contributed by atoms with Gasteiger partial charge in [0.25, 0.3) is 11.5 Å². The van der Waals surface area contributed by atoms with E-state index in [0.717, 1.165) is 25.8 Å². The van der Waals surface area contributed by atoms with Crippen molar-refractivity contribution in [2.45, 2.75) is 58.0 Å². The zero-order valence-electron chi connectivity index (χ0n) is 15.2. The number of rotatable bonds is 3.